The summed E-state index contributed by atoms with van der Waals surface area (Å²) in [4.78, 5) is 18.4. The number of hydrogen-bond acceptors (Lipinski definition) is 7. The Labute approximate surface area is 182 Å². The number of carbonyl (C=O) groups excluding carboxylic acids is 1. The van der Waals surface area contributed by atoms with Crippen molar-refractivity contribution in [3.63, 3.8) is 0 Å². The van der Waals surface area contributed by atoms with Gasteiger partial charge in [0.15, 0.2) is 0 Å². The highest BCUT2D eigenvalue weighted by Gasteiger charge is 2.30. The van der Waals surface area contributed by atoms with E-state index < -0.39 is 18.1 Å². The Hall–Kier alpha value is -3.21. The Morgan fingerprint density at radius 2 is 2.09 bits per heavy atom. The number of hydrogen-bond donors (Lipinski definition) is 0. The first-order valence-corrected chi connectivity index (χ1v) is 10.3. The van der Waals surface area contributed by atoms with Crippen molar-refractivity contribution in [2.24, 2.45) is 0 Å². The van der Waals surface area contributed by atoms with Gasteiger partial charge in [0.2, 0.25) is 11.7 Å². The molecule has 1 aromatic carbocycles. The lowest BCUT2D eigenvalue weighted by Gasteiger charge is -2.31. The van der Waals surface area contributed by atoms with Crippen LogP contribution >= 0.6 is 0 Å². The van der Waals surface area contributed by atoms with Gasteiger partial charge < -0.3 is 9.26 Å². The van der Waals surface area contributed by atoms with E-state index in [2.05, 4.69) is 15.2 Å². The minimum absolute atomic E-state index is 0.0828. The van der Waals surface area contributed by atoms with Crippen molar-refractivity contribution in [3.05, 3.63) is 53.4 Å². The van der Waals surface area contributed by atoms with Crippen molar-refractivity contribution in [2.75, 3.05) is 19.7 Å². The monoisotopic (exact) mass is 449 g/mol. The maximum absolute atomic E-state index is 13.7. The van der Waals surface area contributed by atoms with Gasteiger partial charge in [-0.05, 0) is 50.6 Å². The molecule has 0 bridgehead atoms. The van der Waals surface area contributed by atoms with Gasteiger partial charge in [0.25, 0.3) is 6.43 Å². The van der Waals surface area contributed by atoms with Crippen LogP contribution in [0.1, 0.15) is 54.1 Å². The van der Waals surface area contributed by atoms with Crippen LogP contribution in [0.2, 0.25) is 0 Å². The van der Waals surface area contributed by atoms with Crippen LogP contribution in [0.25, 0.3) is 11.4 Å². The molecule has 1 saturated heterocycles. The van der Waals surface area contributed by atoms with E-state index in [-0.39, 0.29) is 30.6 Å². The van der Waals surface area contributed by atoms with E-state index in [1.165, 1.54) is 12.1 Å². The third-order valence-electron chi connectivity index (χ3n) is 5.32. The predicted molar refractivity (Wildman–Crippen MR) is 106 cm³/mol. The highest BCUT2D eigenvalue weighted by Crippen LogP contribution is 2.29. The third-order valence-corrected chi connectivity index (χ3v) is 5.32. The van der Waals surface area contributed by atoms with Gasteiger partial charge in [0, 0.05) is 12.1 Å². The van der Waals surface area contributed by atoms with Gasteiger partial charge in [-0.2, -0.15) is 10.1 Å². The molecule has 1 fully saturated rings. The lowest BCUT2D eigenvalue weighted by Crippen LogP contribution is -2.36. The van der Waals surface area contributed by atoms with Gasteiger partial charge in [-0.1, -0.05) is 5.16 Å². The predicted octanol–water partition coefficient (Wildman–Crippen LogP) is 4.02. The molecule has 32 heavy (non-hydrogen) atoms. The molecular formula is C21H22F3N5O3. The second kappa shape index (κ2) is 9.51. The lowest BCUT2D eigenvalue weighted by atomic mass is 9.98. The highest BCUT2D eigenvalue weighted by atomic mass is 19.3. The largest absolute Gasteiger partial charge is 0.462 e. The molecule has 0 aliphatic carbocycles. The fraction of sp³-hybridized carbons (Fsp3) is 0.429. The maximum Gasteiger partial charge on any atom is 0.341 e. The van der Waals surface area contributed by atoms with Crippen LogP contribution in [0.3, 0.4) is 0 Å². The van der Waals surface area contributed by atoms with Crippen LogP contribution in [0.5, 0.6) is 0 Å². The summed E-state index contributed by atoms with van der Waals surface area (Å²) in [6.45, 7) is 2.96. The van der Waals surface area contributed by atoms with Gasteiger partial charge in [-0.15, -0.1) is 0 Å². The molecule has 3 heterocycles. The minimum atomic E-state index is -2.87. The molecule has 1 aliphatic heterocycles. The Morgan fingerprint density at radius 3 is 2.81 bits per heavy atom. The zero-order chi connectivity index (χ0) is 22.7. The first-order chi connectivity index (χ1) is 15.5. The molecule has 0 amide bonds. The summed E-state index contributed by atoms with van der Waals surface area (Å²) >= 11 is 0. The molecule has 0 radical (unpaired) electrons. The maximum atomic E-state index is 13.7. The van der Waals surface area contributed by atoms with Crippen LogP contribution < -0.4 is 0 Å². The molecule has 4 rings (SSSR count). The SMILES string of the molecule is CCOC(=O)c1cnn(CN2CCCC(c3nc(-c4ccc(F)cc4)no3)C2)c1C(F)F. The number of ether oxygens (including phenoxy) is 1. The summed E-state index contributed by atoms with van der Waals surface area (Å²) in [7, 11) is 0. The number of aromatic nitrogens is 4. The van der Waals surface area contributed by atoms with Crippen LogP contribution in [0.15, 0.2) is 35.0 Å². The molecule has 11 heteroatoms. The zero-order valence-electron chi connectivity index (χ0n) is 17.4. The van der Waals surface area contributed by atoms with E-state index in [4.69, 9.17) is 9.26 Å². The summed E-state index contributed by atoms with van der Waals surface area (Å²) in [6.07, 6.45) is -0.147. The van der Waals surface area contributed by atoms with Crippen molar-refractivity contribution in [2.45, 2.75) is 38.8 Å². The van der Waals surface area contributed by atoms with E-state index in [0.29, 0.717) is 30.4 Å². The van der Waals surface area contributed by atoms with Gasteiger partial charge >= 0.3 is 5.97 Å². The Morgan fingerprint density at radius 1 is 1.31 bits per heavy atom. The minimum Gasteiger partial charge on any atom is -0.462 e. The number of esters is 1. The number of halogens is 3. The van der Waals surface area contributed by atoms with Gasteiger partial charge in [-0.25, -0.2) is 22.6 Å². The fourth-order valence-electron chi connectivity index (χ4n) is 3.80. The second-order valence-electron chi connectivity index (χ2n) is 7.48. The second-order valence-corrected chi connectivity index (χ2v) is 7.48. The smallest absolute Gasteiger partial charge is 0.341 e. The zero-order valence-corrected chi connectivity index (χ0v) is 17.4. The Kier molecular flexibility index (Phi) is 6.54. The quantitative estimate of drug-likeness (QED) is 0.504. The number of likely N-dealkylation sites (tertiary alicyclic amines) is 1. The number of rotatable bonds is 7. The van der Waals surface area contributed by atoms with Gasteiger partial charge in [0.05, 0.1) is 25.4 Å². The van der Waals surface area contributed by atoms with Crippen molar-refractivity contribution in [1.29, 1.82) is 0 Å². The average Bonchev–Trinajstić information content (AvgIpc) is 3.42. The van der Waals surface area contributed by atoms with Crippen LogP contribution in [-0.2, 0) is 11.4 Å². The normalized spacial score (nSPS) is 17.1. The molecule has 0 saturated carbocycles. The van der Waals surface area contributed by atoms with Gasteiger partial charge in [-0.3, -0.25) is 4.90 Å². The third kappa shape index (κ3) is 4.67. The average molecular weight is 449 g/mol. The van der Waals surface area contributed by atoms with E-state index in [1.54, 1.807) is 19.1 Å². The summed E-state index contributed by atoms with van der Waals surface area (Å²) in [6, 6.07) is 5.79. The van der Waals surface area contributed by atoms with Crippen molar-refractivity contribution in [3.8, 4) is 11.4 Å². The summed E-state index contributed by atoms with van der Waals surface area (Å²) in [5.74, 6) is -0.447. The first kappa shape index (κ1) is 22.0. The number of nitrogens with zero attached hydrogens (tertiary/aromatic N) is 5. The fourth-order valence-corrected chi connectivity index (χ4v) is 3.80. The Balaban J connectivity index is 1.47. The Bertz CT molecular complexity index is 1070. The molecule has 0 N–H and O–H groups in total. The van der Waals surface area contributed by atoms with Crippen LogP contribution in [0, 0.1) is 5.82 Å². The molecule has 1 unspecified atom stereocenters. The summed E-state index contributed by atoms with van der Waals surface area (Å²) < 4.78 is 51.9. The van der Waals surface area contributed by atoms with Crippen molar-refractivity contribution in [1.82, 2.24) is 24.8 Å². The lowest BCUT2D eigenvalue weighted by molar-refractivity contribution is 0.0511. The highest BCUT2D eigenvalue weighted by molar-refractivity contribution is 5.90. The topological polar surface area (TPSA) is 86.3 Å². The van der Waals surface area contributed by atoms with Crippen molar-refractivity contribution >= 4 is 5.97 Å². The number of carbonyl (C=O) groups is 1. The molecule has 8 nitrogen and oxygen atoms in total. The molecule has 0 spiro atoms. The van der Waals surface area contributed by atoms with Crippen LogP contribution in [0.4, 0.5) is 13.2 Å². The molecule has 3 aromatic rings. The first-order valence-electron chi connectivity index (χ1n) is 10.3. The molecule has 1 aliphatic rings. The van der Waals surface area contributed by atoms with E-state index >= 15 is 0 Å². The standard InChI is InChI=1S/C21H22F3N5O3/c1-2-31-21(30)16-10-25-29(17(16)18(23)24)12-28-9-3-4-14(11-28)20-26-19(27-32-20)13-5-7-15(22)8-6-13/h5-8,10,14,18H,2-4,9,11-12H2,1H3. The molecule has 1 atom stereocenters. The molecular weight excluding hydrogens is 427 g/mol. The van der Waals surface area contributed by atoms with Crippen molar-refractivity contribution < 1.29 is 27.2 Å². The summed E-state index contributed by atoms with van der Waals surface area (Å²) in [5, 5.41) is 7.98. The van der Waals surface area contributed by atoms with E-state index in [0.717, 1.165) is 23.7 Å². The summed E-state index contributed by atoms with van der Waals surface area (Å²) in [5.41, 5.74) is -0.0445. The molecule has 170 valence electrons. The van der Waals surface area contributed by atoms with E-state index in [9.17, 15) is 18.0 Å². The number of benzene rings is 1. The van der Waals surface area contributed by atoms with E-state index in [1.807, 2.05) is 4.90 Å². The molecule has 2 aromatic heterocycles. The van der Waals surface area contributed by atoms with Gasteiger partial charge in [0.1, 0.15) is 17.1 Å². The number of piperidine rings is 1. The number of alkyl halides is 2. The van der Waals surface area contributed by atoms with Crippen LogP contribution in [-0.4, -0.2) is 50.5 Å².